The molecule has 5 nitrogen and oxygen atoms in total. The van der Waals surface area contributed by atoms with Crippen LogP contribution in [0.4, 0.5) is 0 Å². The van der Waals surface area contributed by atoms with E-state index < -0.39 is 0 Å². The second-order valence-corrected chi connectivity index (χ2v) is 7.59. The molecule has 1 aromatic rings. The lowest BCUT2D eigenvalue weighted by molar-refractivity contribution is 0.167. The predicted octanol–water partition coefficient (Wildman–Crippen LogP) is 3.84. The second kappa shape index (κ2) is 12.4. The topological polar surface area (TPSA) is 48.9 Å². The third-order valence-corrected chi connectivity index (χ3v) is 5.02. The Hall–Kier alpha value is -1.02. The summed E-state index contributed by atoms with van der Waals surface area (Å²) in [5, 5.41) is 6.92. The summed E-state index contributed by atoms with van der Waals surface area (Å²) in [6, 6.07) is 9.41. The number of benzene rings is 1. The van der Waals surface area contributed by atoms with E-state index >= 15 is 0 Å². The average molecular weight is 488 g/mol. The number of ether oxygens (including phenoxy) is 1. The zero-order chi connectivity index (χ0) is 18.9. The average Bonchev–Trinajstić information content (AvgIpc) is 2.64. The van der Waals surface area contributed by atoms with Gasteiger partial charge < -0.3 is 20.3 Å². The molecule has 0 atom stereocenters. The van der Waals surface area contributed by atoms with Crippen molar-refractivity contribution in [2.24, 2.45) is 4.99 Å². The molecule has 0 aromatic heterocycles. The van der Waals surface area contributed by atoms with Gasteiger partial charge in [-0.15, -0.1) is 24.0 Å². The van der Waals surface area contributed by atoms with Crippen LogP contribution in [0.3, 0.4) is 0 Å². The van der Waals surface area contributed by atoms with E-state index in [1.54, 1.807) is 0 Å². The summed E-state index contributed by atoms with van der Waals surface area (Å²) in [6.45, 7) is 12.6. The number of hydrogen-bond donors (Lipinski definition) is 2. The fraction of sp³-hybridized carbons (Fsp3) is 0.667. The summed E-state index contributed by atoms with van der Waals surface area (Å²) in [5.41, 5.74) is 1.26. The Balaban J connectivity index is 0.00000364. The number of aliphatic imine (C=N–C) groups is 1. The van der Waals surface area contributed by atoms with E-state index in [0.29, 0.717) is 24.6 Å². The Kier molecular flexibility index (Phi) is 11.1. The van der Waals surface area contributed by atoms with Crippen LogP contribution in [0.15, 0.2) is 29.3 Å². The van der Waals surface area contributed by atoms with Crippen molar-refractivity contribution < 1.29 is 4.74 Å². The molecule has 0 bridgehead atoms. The molecule has 1 heterocycles. The van der Waals surface area contributed by atoms with E-state index in [9.17, 15) is 0 Å². The lowest BCUT2D eigenvalue weighted by Gasteiger charge is -2.35. The van der Waals surface area contributed by atoms with Crippen molar-refractivity contribution in [3.63, 3.8) is 0 Å². The van der Waals surface area contributed by atoms with Gasteiger partial charge in [0.25, 0.3) is 0 Å². The Bertz CT molecular complexity index is 569. The number of rotatable bonds is 7. The first kappa shape index (κ1) is 24.0. The van der Waals surface area contributed by atoms with Crippen LogP contribution in [0.25, 0.3) is 0 Å². The number of hydrogen-bond acceptors (Lipinski definition) is 3. The van der Waals surface area contributed by atoms with Gasteiger partial charge in [-0.05, 0) is 44.2 Å². The van der Waals surface area contributed by atoms with Crippen LogP contribution in [-0.2, 0) is 0 Å². The van der Waals surface area contributed by atoms with E-state index in [2.05, 4.69) is 60.4 Å². The van der Waals surface area contributed by atoms with E-state index in [0.717, 1.165) is 44.2 Å². The van der Waals surface area contributed by atoms with Gasteiger partial charge in [-0.2, -0.15) is 0 Å². The molecule has 27 heavy (non-hydrogen) atoms. The molecule has 1 aliphatic heterocycles. The van der Waals surface area contributed by atoms with Crippen LogP contribution in [0, 0.1) is 0 Å². The van der Waals surface area contributed by atoms with Gasteiger partial charge in [0.2, 0.25) is 0 Å². The van der Waals surface area contributed by atoms with Crippen LogP contribution in [0.1, 0.15) is 52.0 Å². The number of piperidine rings is 1. The number of nitrogens with zero attached hydrogens (tertiary/aromatic N) is 2. The molecule has 0 amide bonds. The Morgan fingerprint density at radius 1 is 1.19 bits per heavy atom. The summed E-state index contributed by atoms with van der Waals surface area (Å²) in [7, 11) is 1.83. The summed E-state index contributed by atoms with van der Waals surface area (Å²) in [5.74, 6) is 2.31. The van der Waals surface area contributed by atoms with Crippen LogP contribution < -0.4 is 15.4 Å². The van der Waals surface area contributed by atoms with Crippen LogP contribution >= 0.6 is 24.0 Å². The monoisotopic (exact) mass is 488 g/mol. The molecule has 1 fully saturated rings. The van der Waals surface area contributed by atoms with Crippen molar-refractivity contribution in [3.05, 3.63) is 29.8 Å². The fourth-order valence-corrected chi connectivity index (χ4v) is 3.37. The minimum Gasteiger partial charge on any atom is -0.491 e. The fourth-order valence-electron chi connectivity index (χ4n) is 3.37. The van der Waals surface area contributed by atoms with Gasteiger partial charge in [-0.25, -0.2) is 0 Å². The first-order valence-electron chi connectivity index (χ1n) is 9.94. The van der Waals surface area contributed by atoms with Crippen molar-refractivity contribution in [2.45, 2.75) is 58.5 Å². The molecular weight excluding hydrogens is 451 g/mol. The molecule has 2 N–H and O–H groups in total. The molecule has 1 aromatic carbocycles. The first-order valence-corrected chi connectivity index (χ1v) is 9.94. The third-order valence-electron chi connectivity index (χ3n) is 5.02. The standard InChI is InChI=1S/C21H36N4O.HI/c1-16(2)19-8-6-7-9-20(19)26-15-12-23-21(22-5)24-18-10-13-25(14-11-18)17(3)4;/h6-9,16-18H,10-15H2,1-5H3,(H2,22,23,24);1H. The number of para-hydroxylation sites is 1. The van der Waals surface area contributed by atoms with Crippen LogP contribution in [-0.4, -0.2) is 56.2 Å². The SMILES string of the molecule is CN=C(NCCOc1ccccc1C(C)C)NC1CCN(C(C)C)CC1.I. The van der Waals surface area contributed by atoms with E-state index in [-0.39, 0.29) is 24.0 Å². The highest BCUT2D eigenvalue weighted by molar-refractivity contribution is 14.0. The summed E-state index contributed by atoms with van der Waals surface area (Å²) in [6.07, 6.45) is 2.33. The molecule has 2 rings (SSSR count). The maximum Gasteiger partial charge on any atom is 0.191 e. The summed E-state index contributed by atoms with van der Waals surface area (Å²) < 4.78 is 5.97. The molecule has 6 heteroatoms. The minimum atomic E-state index is 0. The predicted molar refractivity (Wildman–Crippen MR) is 126 cm³/mol. The maximum atomic E-state index is 5.97. The summed E-state index contributed by atoms with van der Waals surface area (Å²) >= 11 is 0. The molecule has 0 unspecified atom stereocenters. The van der Waals surface area contributed by atoms with Crippen molar-refractivity contribution in [1.29, 1.82) is 0 Å². The first-order chi connectivity index (χ1) is 12.5. The lowest BCUT2D eigenvalue weighted by atomic mass is 10.0. The van der Waals surface area contributed by atoms with Crippen molar-refractivity contribution in [2.75, 3.05) is 33.3 Å². The number of nitrogens with one attached hydrogen (secondary N) is 2. The molecule has 0 spiro atoms. The van der Waals surface area contributed by atoms with Gasteiger partial charge in [-0.1, -0.05) is 32.0 Å². The van der Waals surface area contributed by atoms with Crippen molar-refractivity contribution >= 4 is 29.9 Å². The largest absolute Gasteiger partial charge is 0.491 e. The normalized spacial score (nSPS) is 16.3. The smallest absolute Gasteiger partial charge is 0.191 e. The molecule has 154 valence electrons. The number of halogens is 1. The van der Waals surface area contributed by atoms with E-state index in [4.69, 9.17) is 4.74 Å². The number of guanidine groups is 1. The Morgan fingerprint density at radius 3 is 2.44 bits per heavy atom. The zero-order valence-electron chi connectivity index (χ0n) is 17.5. The maximum absolute atomic E-state index is 5.97. The highest BCUT2D eigenvalue weighted by atomic mass is 127. The van der Waals surface area contributed by atoms with Crippen molar-refractivity contribution in [1.82, 2.24) is 15.5 Å². The molecule has 1 saturated heterocycles. The second-order valence-electron chi connectivity index (χ2n) is 7.59. The van der Waals surface area contributed by atoms with Gasteiger partial charge in [-0.3, -0.25) is 4.99 Å². The van der Waals surface area contributed by atoms with Gasteiger partial charge in [0.15, 0.2) is 5.96 Å². The van der Waals surface area contributed by atoms with Crippen molar-refractivity contribution in [3.8, 4) is 5.75 Å². The minimum absolute atomic E-state index is 0. The molecular formula is C21H37IN4O. The Morgan fingerprint density at radius 2 is 1.85 bits per heavy atom. The molecule has 0 aliphatic carbocycles. The molecule has 1 aliphatic rings. The lowest BCUT2D eigenvalue weighted by Crippen LogP contribution is -2.50. The van der Waals surface area contributed by atoms with Gasteiger partial charge in [0, 0.05) is 32.2 Å². The van der Waals surface area contributed by atoms with E-state index in [1.165, 1.54) is 5.56 Å². The summed E-state index contributed by atoms with van der Waals surface area (Å²) in [4.78, 5) is 6.89. The van der Waals surface area contributed by atoms with Gasteiger partial charge in [0.05, 0.1) is 6.54 Å². The van der Waals surface area contributed by atoms with Gasteiger partial charge in [0.1, 0.15) is 12.4 Å². The van der Waals surface area contributed by atoms with E-state index in [1.807, 2.05) is 19.2 Å². The zero-order valence-corrected chi connectivity index (χ0v) is 19.8. The number of likely N-dealkylation sites (tertiary alicyclic amines) is 1. The molecule has 0 radical (unpaired) electrons. The Labute approximate surface area is 182 Å². The van der Waals surface area contributed by atoms with Gasteiger partial charge >= 0.3 is 0 Å². The third kappa shape index (κ3) is 7.86. The quantitative estimate of drug-likeness (QED) is 0.265. The van der Waals surface area contributed by atoms with Crippen LogP contribution in [0.2, 0.25) is 0 Å². The van der Waals surface area contributed by atoms with Crippen LogP contribution in [0.5, 0.6) is 5.75 Å². The molecule has 0 saturated carbocycles. The highest BCUT2D eigenvalue weighted by Crippen LogP contribution is 2.25. The highest BCUT2D eigenvalue weighted by Gasteiger charge is 2.21.